The van der Waals surface area contributed by atoms with Crippen LogP contribution in [0, 0.1) is 12.8 Å². The molecule has 0 radical (unpaired) electrons. The number of aryl methyl sites for hydroxylation is 1. The van der Waals surface area contributed by atoms with Gasteiger partial charge in [0, 0.05) is 18.3 Å². The van der Waals surface area contributed by atoms with E-state index in [-0.39, 0.29) is 11.9 Å². The van der Waals surface area contributed by atoms with E-state index in [2.05, 4.69) is 10.2 Å². The number of nitrogens with one attached hydrogen (secondary N) is 1. The molecular weight excluding hydrogens is 228 g/mol. The fraction of sp³-hybridized carbons (Fsp3) is 0.692. The largest absolute Gasteiger partial charge is 0.334 e. The first-order valence-electron chi connectivity index (χ1n) is 6.70. The van der Waals surface area contributed by atoms with Crippen molar-refractivity contribution in [2.24, 2.45) is 11.7 Å². The van der Waals surface area contributed by atoms with Crippen LogP contribution >= 0.6 is 0 Å². The highest BCUT2D eigenvalue weighted by Crippen LogP contribution is 2.29. The molecule has 1 heterocycles. The van der Waals surface area contributed by atoms with Crippen LogP contribution in [0.4, 0.5) is 0 Å². The summed E-state index contributed by atoms with van der Waals surface area (Å²) in [7, 11) is 0. The molecule has 2 unspecified atom stereocenters. The first-order valence-corrected chi connectivity index (χ1v) is 6.70. The number of H-pyrrole nitrogens is 1. The standard InChI is InChI=1S/C13H22N4O/c1-3-17(12-6-4-5-10(12)8-14)13(18)11-7-9(2)15-16-11/h7,10,12H,3-6,8,14H2,1-2H3,(H,15,16). The van der Waals surface area contributed by atoms with Gasteiger partial charge in [-0.2, -0.15) is 5.10 Å². The first kappa shape index (κ1) is 13.1. The highest BCUT2D eigenvalue weighted by molar-refractivity contribution is 5.92. The van der Waals surface area contributed by atoms with Crippen molar-refractivity contribution in [3.8, 4) is 0 Å². The van der Waals surface area contributed by atoms with Crippen molar-refractivity contribution in [3.63, 3.8) is 0 Å². The second kappa shape index (κ2) is 5.52. The minimum atomic E-state index is 0.0206. The van der Waals surface area contributed by atoms with Gasteiger partial charge in [0.05, 0.1) is 0 Å². The van der Waals surface area contributed by atoms with E-state index in [0.29, 0.717) is 24.7 Å². The Morgan fingerprint density at radius 1 is 1.61 bits per heavy atom. The SMILES string of the molecule is CCN(C(=O)c1cc(C)[nH]n1)C1CCCC1CN. The van der Waals surface area contributed by atoms with Crippen molar-refractivity contribution in [2.75, 3.05) is 13.1 Å². The zero-order valence-corrected chi connectivity index (χ0v) is 11.1. The highest BCUT2D eigenvalue weighted by Gasteiger charge is 2.34. The number of carbonyl (C=O) groups excluding carboxylic acids is 1. The van der Waals surface area contributed by atoms with Crippen LogP contribution in [0.2, 0.25) is 0 Å². The van der Waals surface area contributed by atoms with E-state index >= 15 is 0 Å². The van der Waals surface area contributed by atoms with Crippen LogP contribution in [0.25, 0.3) is 0 Å². The molecule has 1 saturated carbocycles. The van der Waals surface area contributed by atoms with Gasteiger partial charge in [-0.15, -0.1) is 0 Å². The van der Waals surface area contributed by atoms with Crippen molar-refractivity contribution in [3.05, 3.63) is 17.5 Å². The van der Waals surface area contributed by atoms with Gasteiger partial charge in [-0.3, -0.25) is 9.89 Å². The molecule has 0 aliphatic heterocycles. The van der Waals surface area contributed by atoms with E-state index in [1.807, 2.05) is 18.7 Å². The van der Waals surface area contributed by atoms with Crippen LogP contribution in [0.3, 0.4) is 0 Å². The maximum Gasteiger partial charge on any atom is 0.274 e. The molecular formula is C13H22N4O. The van der Waals surface area contributed by atoms with Crippen LogP contribution in [0.1, 0.15) is 42.4 Å². The van der Waals surface area contributed by atoms with Gasteiger partial charge in [-0.25, -0.2) is 0 Å². The van der Waals surface area contributed by atoms with Gasteiger partial charge in [-0.05, 0) is 45.2 Å². The summed E-state index contributed by atoms with van der Waals surface area (Å²) in [6, 6.07) is 2.08. The van der Waals surface area contributed by atoms with Crippen LogP contribution in [-0.4, -0.2) is 40.1 Å². The third kappa shape index (κ3) is 2.41. The molecule has 100 valence electrons. The second-order valence-electron chi connectivity index (χ2n) is 5.02. The maximum absolute atomic E-state index is 12.4. The highest BCUT2D eigenvalue weighted by atomic mass is 16.2. The molecule has 1 aromatic heterocycles. The van der Waals surface area contributed by atoms with Gasteiger partial charge in [0.2, 0.25) is 0 Å². The molecule has 1 amide bonds. The quantitative estimate of drug-likeness (QED) is 0.846. The van der Waals surface area contributed by atoms with E-state index in [1.54, 1.807) is 6.07 Å². The molecule has 1 aliphatic rings. The molecule has 0 bridgehead atoms. The fourth-order valence-corrected chi connectivity index (χ4v) is 2.91. The molecule has 5 heteroatoms. The van der Waals surface area contributed by atoms with Crippen molar-refractivity contribution in [1.82, 2.24) is 15.1 Å². The molecule has 2 atom stereocenters. The van der Waals surface area contributed by atoms with Crippen molar-refractivity contribution >= 4 is 5.91 Å². The van der Waals surface area contributed by atoms with Gasteiger partial charge in [0.25, 0.3) is 5.91 Å². The summed E-state index contributed by atoms with van der Waals surface area (Å²) in [5, 5.41) is 6.88. The topological polar surface area (TPSA) is 75.0 Å². The summed E-state index contributed by atoms with van der Waals surface area (Å²) in [4.78, 5) is 14.4. The lowest BCUT2D eigenvalue weighted by molar-refractivity contribution is 0.0646. The summed E-state index contributed by atoms with van der Waals surface area (Å²) in [6.45, 7) is 5.29. The molecule has 0 saturated heterocycles. The number of nitrogens with two attached hydrogens (primary N) is 1. The average Bonchev–Trinajstić information content (AvgIpc) is 2.98. The normalized spacial score (nSPS) is 23.3. The Morgan fingerprint density at radius 2 is 2.39 bits per heavy atom. The Bertz CT molecular complexity index is 415. The zero-order chi connectivity index (χ0) is 13.1. The second-order valence-corrected chi connectivity index (χ2v) is 5.02. The Morgan fingerprint density at radius 3 is 2.94 bits per heavy atom. The van der Waals surface area contributed by atoms with Gasteiger partial charge in [0.1, 0.15) is 5.69 Å². The molecule has 0 spiro atoms. The van der Waals surface area contributed by atoms with E-state index in [4.69, 9.17) is 5.73 Å². The minimum absolute atomic E-state index is 0.0206. The molecule has 2 rings (SSSR count). The van der Waals surface area contributed by atoms with Gasteiger partial charge >= 0.3 is 0 Å². The number of aromatic nitrogens is 2. The molecule has 5 nitrogen and oxygen atoms in total. The number of hydrogen-bond donors (Lipinski definition) is 2. The molecule has 18 heavy (non-hydrogen) atoms. The smallest absolute Gasteiger partial charge is 0.274 e. The van der Waals surface area contributed by atoms with Crippen molar-refractivity contribution in [2.45, 2.75) is 39.2 Å². The van der Waals surface area contributed by atoms with Gasteiger partial charge < -0.3 is 10.6 Å². The average molecular weight is 250 g/mol. The van der Waals surface area contributed by atoms with Gasteiger partial charge in [0.15, 0.2) is 0 Å². The number of amides is 1. The summed E-state index contributed by atoms with van der Waals surface area (Å²) in [6.07, 6.45) is 3.35. The predicted molar refractivity (Wildman–Crippen MR) is 70.2 cm³/mol. The van der Waals surface area contributed by atoms with E-state index in [1.165, 1.54) is 0 Å². The molecule has 0 aromatic carbocycles. The lowest BCUT2D eigenvalue weighted by atomic mass is 10.0. The Balaban J connectivity index is 2.15. The summed E-state index contributed by atoms with van der Waals surface area (Å²) in [5.74, 6) is 0.459. The molecule has 3 N–H and O–H groups in total. The van der Waals surface area contributed by atoms with E-state index in [9.17, 15) is 4.79 Å². The third-order valence-corrected chi connectivity index (χ3v) is 3.85. The number of carbonyl (C=O) groups is 1. The lowest BCUT2D eigenvalue weighted by Crippen LogP contribution is -2.44. The number of nitrogens with zero attached hydrogens (tertiary/aromatic N) is 2. The van der Waals surface area contributed by atoms with Gasteiger partial charge in [-0.1, -0.05) is 6.42 Å². The van der Waals surface area contributed by atoms with Crippen LogP contribution in [0.15, 0.2) is 6.07 Å². The van der Waals surface area contributed by atoms with Crippen LogP contribution in [0.5, 0.6) is 0 Å². The first-order chi connectivity index (χ1) is 8.67. The van der Waals surface area contributed by atoms with E-state index in [0.717, 1.165) is 25.0 Å². The molecule has 1 fully saturated rings. The Labute approximate surface area is 108 Å². The summed E-state index contributed by atoms with van der Waals surface area (Å²) in [5.41, 5.74) is 7.22. The minimum Gasteiger partial charge on any atom is -0.334 e. The lowest BCUT2D eigenvalue weighted by Gasteiger charge is -2.31. The number of rotatable bonds is 4. The molecule has 1 aromatic rings. The van der Waals surface area contributed by atoms with E-state index < -0.39 is 0 Å². The molecule has 1 aliphatic carbocycles. The van der Waals surface area contributed by atoms with Crippen LogP contribution in [-0.2, 0) is 0 Å². The third-order valence-electron chi connectivity index (χ3n) is 3.85. The summed E-state index contributed by atoms with van der Waals surface area (Å²) < 4.78 is 0. The Kier molecular flexibility index (Phi) is 4.01. The number of hydrogen-bond acceptors (Lipinski definition) is 3. The zero-order valence-electron chi connectivity index (χ0n) is 11.1. The fourth-order valence-electron chi connectivity index (χ4n) is 2.91. The monoisotopic (exact) mass is 250 g/mol. The van der Waals surface area contributed by atoms with Crippen molar-refractivity contribution < 1.29 is 4.79 Å². The number of aromatic amines is 1. The van der Waals surface area contributed by atoms with Crippen molar-refractivity contribution in [1.29, 1.82) is 0 Å². The predicted octanol–water partition coefficient (Wildman–Crippen LogP) is 1.31. The Hall–Kier alpha value is -1.36. The maximum atomic E-state index is 12.4. The summed E-state index contributed by atoms with van der Waals surface area (Å²) >= 11 is 0. The van der Waals surface area contributed by atoms with Crippen LogP contribution < -0.4 is 5.73 Å².